The monoisotopic (exact) mass is 379 g/mol. The molecule has 2 aromatic heterocycles. The number of aromatic nitrogens is 1. The van der Waals surface area contributed by atoms with Crippen LogP contribution in [0.5, 0.6) is 0 Å². The van der Waals surface area contributed by atoms with Crippen molar-refractivity contribution in [1.82, 2.24) is 4.57 Å². The highest BCUT2D eigenvalue weighted by Crippen LogP contribution is 2.31. The zero-order chi connectivity index (χ0) is 18.3. The molecule has 0 radical (unpaired) electrons. The molecule has 0 saturated carbocycles. The van der Waals surface area contributed by atoms with E-state index >= 15 is 0 Å². The zero-order valence-corrected chi connectivity index (χ0v) is 14.0. The Balaban J connectivity index is 1.69. The lowest BCUT2D eigenvalue weighted by Gasteiger charge is -2.26. The summed E-state index contributed by atoms with van der Waals surface area (Å²) in [5.74, 6) is 0.552. The van der Waals surface area contributed by atoms with Crippen molar-refractivity contribution in [3.63, 3.8) is 0 Å². The first-order valence-electron chi connectivity index (χ1n) is 7.63. The van der Waals surface area contributed by atoms with Gasteiger partial charge < -0.3 is 9.32 Å². The molecule has 0 saturated heterocycles. The van der Waals surface area contributed by atoms with Gasteiger partial charge in [0.15, 0.2) is 4.80 Å². The Morgan fingerprint density at radius 1 is 1.23 bits per heavy atom. The Labute approximate surface area is 148 Å². The summed E-state index contributed by atoms with van der Waals surface area (Å²) in [6.07, 6.45) is -1.28. The second-order valence-corrected chi connectivity index (χ2v) is 6.68. The van der Waals surface area contributed by atoms with Crippen LogP contribution in [0.3, 0.4) is 0 Å². The minimum absolute atomic E-state index is 0.140. The van der Waals surface area contributed by atoms with Crippen LogP contribution >= 0.6 is 11.3 Å². The maximum absolute atomic E-state index is 12.9. The average molecular weight is 379 g/mol. The number of nitrogens with zero attached hydrogens (tertiary/aromatic N) is 3. The van der Waals surface area contributed by atoms with Gasteiger partial charge in [0, 0.05) is 11.8 Å². The Hall–Kier alpha value is -2.81. The van der Waals surface area contributed by atoms with Gasteiger partial charge in [0.25, 0.3) is 5.56 Å². The average Bonchev–Trinajstić information content (AvgIpc) is 3.23. The summed E-state index contributed by atoms with van der Waals surface area (Å²) in [5.41, 5.74) is -0.615. The van der Waals surface area contributed by atoms with Gasteiger partial charge in [-0.25, -0.2) is 4.99 Å². The zero-order valence-electron chi connectivity index (χ0n) is 13.2. The van der Waals surface area contributed by atoms with E-state index in [0.717, 1.165) is 12.1 Å². The standard InChI is InChI=1S/C17H12F3N3O2S/c18-17(19,20)11-3-1-4-12(7-11)22-9-21-16-23(10-22)15(24)14(26-16)8-13-5-2-6-25-13/h1-8H,9-10H2/b14-8+. The molecule has 1 aliphatic heterocycles. The molecule has 0 aliphatic carbocycles. The molecule has 0 bridgehead atoms. The largest absolute Gasteiger partial charge is 0.465 e. The van der Waals surface area contributed by atoms with Crippen LogP contribution in [0.1, 0.15) is 11.3 Å². The fourth-order valence-electron chi connectivity index (χ4n) is 2.66. The number of furan rings is 1. The van der Waals surface area contributed by atoms with Gasteiger partial charge in [0.1, 0.15) is 19.1 Å². The van der Waals surface area contributed by atoms with Crippen molar-refractivity contribution in [2.75, 3.05) is 11.6 Å². The number of fused-ring (bicyclic) bond motifs is 1. The maximum atomic E-state index is 12.9. The van der Waals surface area contributed by atoms with Crippen molar-refractivity contribution in [3.05, 3.63) is 73.7 Å². The van der Waals surface area contributed by atoms with Crippen LogP contribution in [0.4, 0.5) is 18.9 Å². The number of anilines is 1. The number of hydrogen-bond acceptors (Lipinski definition) is 5. The third-order valence-electron chi connectivity index (χ3n) is 3.93. The summed E-state index contributed by atoms with van der Waals surface area (Å²) >= 11 is 1.23. The Morgan fingerprint density at radius 3 is 2.81 bits per heavy atom. The van der Waals surface area contributed by atoms with Crippen molar-refractivity contribution < 1.29 is 17.6 Å². The Morgan fingerprint density at radius 2 is 2.08 bits per heavy atom. The summed E-state index contributed by atoms with van der Waals surface area (Å²) in [4.78, 5) is 19.1. The number of hydrogen-bond donors (Lipinski definition) is 0. The van der Waals surface area contributed by atoms with E-state index in [9.17, 15) is 18.0 Å². The molecular formula is C17H12F3N3O2S. The molecular weight excluding hydrogens is 367 g/mol. The van der Waals surface area contributed by atoms with E-state index in [1.807, 2.05) is 0 Å². The highest BCUT2D eigenvalue weighted by molar-refractivity contribution is 7.07. The van der Waals surface area contributed by atoms with E-state index in [-0.39, 0.29) is 18.9 Å². The number of thiazole rings is 1. The lowest BCUT2D eigenvalue weighted by molar-refractivity contribution is -0.137. The second-order valence-electron chi connectivity index (χ2n) is 5.67. The lowest BCUT2D eigenvalue weighted by Crippen LogP contribution is -2.42. The van der Waals surface area contributed by atoms with Crippen LogP contribution in [0.2, 0.25) is 0 Å². The van der Waals surface area contributed by atoms with Gasteiger partial charge in [-0.15, -0.1) is 0 Å². The quantitative estimate of drug-likeness (QED) is 0.687. The van der Waals surface area contributed by atoms with Crippen LogP contribution in [0.25, 0.3) is 6.08 Å². The lowest BCUT2D eigenvalue weighted by atomic mass is 10.2. The van der Waals surface area contributed by atoms with Crippen molar-refractivity contribution in [1.29, 1.82) is 0 Å². The maximum Gasteiger partial charge on any atom is 0.416 e. The van der Waals surface area contributed by atoms with E-state index < -0.39 is 11.7 Å². The summed E-state index contributed by atoms with van der Waals surface area (Å²) in [5, 5.41) is 0. The molecule has 134 valence electrons. The van der Waals surface area contributed by atoms with Crippen LogP contribution < -0.4 is 19.8 Å². The molecule has 0 fully saturated rings. The van der Waals surface area contributed by atoms with E-state index in [1.165, 1.54) is 28.2 Å². The molecule has 0 amide bonds. The smallest absolute Gasteiger partial charge is 0.416 e. The molecule has 1 aromatic carbocycles. The number of halogens is 3. The topological polar surface area (TPSA) is 50.7 Å². The van der Waals surface area contributed by atoms with E-state index in [1.54, 1.807) is 29.2 Å². The molecule has 1 aliphatic rings. The number of rotatable bonds is 2. The minimum atomic E-state index is -4.42. The van der Waals surface area contributed by atoms with Crippen molar-refractivity contribution in [2.45, 2.75) is 12.8 Å². The van der Waals surface area contributed by atoms with Gasteiger partial charge in [-0.2, -0.15) is 13.2 Å². The minimum Gasteiger partial charge on any atom is -0.465 e. The van der Waals surface area contributed by atoms with Crippen LogP contribution in [-0.4, -0.2) is 11.2 Å². The third-order valence-corrected chi connectivity index (χ3v) is 4.98. The predicted molar refractivity (Wildman–Crippen MR) is 90.4 cm³/mol. The normalized spacial score (nSPS) is 15.0. The van der Waals surface area contributed by atoms with Gasteiger partial charge in [-0.1, -0.05) is 17.4 Å². The summed E-state index contributed by atoms with van der Waals surface area (Å²) in [6, 6.07) is 8.45. The number of benzene rings is 1. The first-order valence-corrected chi connectivity index (χ1v) is 8.45. The fourth-order valence-corrected chi connectivity index (χ4v) is 3.60. The molecule has 0 unspecified atom stereocenters. The van der Waals surface area contributed by atoms with Crippen LogP contribution in [-0.2, 0) is 12.8 Å². The highest BCUT2D eigenvalue weighted by Gasteiger charge is 2.31. The van der Waals surface area contributed by atoms with Crippen molar-refractivity contribution >= 4 is 23.1 Å². The van der Waals surface area contributed by atoms with E-state index in [2.05, 4.69) is 4.99 Å². The van der Waals surface area contributed by atoms with Gasteiger partial charge >= 0.3 is 6.18 Å². The van der Waals surface area contributed by atoms with Gasteiger partial charge in [0.05, 0.1) is 16.4 Å². The van der Waals surface area contributed by atoms with Gasteiger partial charge in [0.2, 0.25) is 0 Å². The first kappa shape index (κ1) is 16.6. The first-order chi connectivity index (χ1) is 12.4. The summed E-state index contributed by atoms with van der Waals surface area (Å²) in [6.45, 7) is 0.322. The van der Waals surface area contributed by atoms with Crippen LogP contribution in [0, 0.1) is 0 Å². The molecule has 5 nitrogen and oxygen atoms in total. The molecule has 4 rings (SSSR count). The molecule has 0 N–H and O–H groups in total. The van der Waals surface area contributed by atoms with E-state index in [0.29, 0.717) is 20.8 Å². The SMILES string of the molecule is O=c1/c(=C\c2ccco2)sc2n1CN(c1cccc(C(F)(F)F)c1)CN=2. The Bertz CT molecular complexity index is 1110. The van der Waals surface area contributed by atoms with Gasteiger partial charge in [-0.05, 0) is 30.3 Å². The van der Waals surface area contributed by atoms with Crippen molar-refractivity contribution in [2.24, 2.45) is 4.99 Å². The summed E-state index contributed by atoms with van der Waals surface area (Å²) in [7, 11) is 0. The molecule has 0 atom stereocenters. The second kappa shape index (κ2) is 6.17. The summed E-state index contributed by atoms with van der Waals surface area (Å²) < 4.78 is 45.9. The van der Waals surface area contributed by atoms with Gasteiger partial charge in [-0.3, -0.25) is 9.36 Å². The fraction of sp³-hybridized carbons (Fsp3) is 0.176. The molecule has 9 heteroatoms. The Kier molecular flexibility index (Phi) is 3.95. The van der Waals surface area contributed by atoms with E-state index in [4.69, 9.17) is 4.42 Å². The van der Waals surface area contributed by atoms with Crippen molar-refractivity contribution in [3.8, 4) is 0 Å². The molecule has 0 spiro atoms. The van der Waals surface area contributed by atoms with Crippen LogP contribution in [0.15, 0.2) is 56.9 Å². The molecule has 3 heterocycles. The number of alkyl halides is 3. The predicted octanol–water partition coefficient (Wildman–Crippen LogP) is 2.41. The molecule has 26 heavy (non-hydrogen) atoms. The third kappa shape index (κ3) is 3.05. The highest BCUT2D eigenvalue weighted by atomic mass is 32.1. The molecule has 3 aromatic rings.